The Kier molecular flexibility index (Phi) is 4.65. The summed E-state index contributed by atoms with van der Waals surface area (Å²) in [5.74, 6) is 0.939. The zero-order chi connectivity index (χ0) is 14.7. The van der Waals surface area contributed by atoms with Gasteiger partial charge in [0.2, 0.25) is 5.91 Å². The Morgan fingerprint density at radius 3 is 2.75 bits per heavy atom. The van der Waals surface area contributed by atoms with E-state index in [1.165, 1.54) is 0 Å². The molecule has 2 aromatic heterocycles. The van der Waals surface area contributed by atoms with Crippen LogP contribution in [0.3, 0.4) is 0 Å². The molecule has 110 valence electrons. The van der Waals surface area contributed by atoms with Gasteiger partial charge < -0.3 is 9.88 Å². The largest absolute Gasteiger partial charge is 0.355 e. The van der Waals surface area contributed by atoms with E-state index in [-0.39, 0.29) is 18.3 Å². The topological polar surface area (TPSA) is 64.7 Å². The van der Waals surface area contributed by atoms with Gasteiger partial charge >= 0.3 is 0 Å². The lowest BCUT2D eigenvalue weighted by Gasteiger charge is -2.07. The number of nitrogens with zero attached hydrogens (tertiary/aromatic N) is 4. The van der Waals surface area contributed by atoms with E-state index < -0.39 is 0 Å². The molecular formula is C13H20ClN5O. The Hall–Kier alpha value is -1.56. The van der Waals surface area contributed by atoms with Gasteiger partial charge in [-0.15, -0.1) is 11.6 Å². The van der Waals surface area contributed by atoms with E-state index in [0.717, 1.165) is 29.7 Å². The number of fused-ring (bicyclic) bond motifs is 1. The van der Waals surface area contributed by atoms with Crippen molar-refractivity contribution in [3.05, 3.63) is 11.5 Å². The Labute approximate surface area is 123 Å². The second-order valence-corrected chi connectivity index (χ2v) is 4.96. The maximum Gasteiger partial charge on any atom is 0.240 e. The lowest BCUT2D eigenvalue weighted by molar-refractivity contribution is -0.121. The van der Waals surface area contributed by atoms with Crippen LogP contribution in [0.25, 0.3) is 11.2 Å². The Balaban J connectivity index is 2.48. The number of amides is 1. The number of halogens is 1. The highest BCUT2D eigenvalue weighted by Crippen LogP contribution is 2.21. The van der Waals surface area contributed by atoms with Gasteiger partial charge in [0.15, 0.2) is 5.65 Å². The average Bonchev–Trinajstić information content (AvgIpc) is 2.90. The number of carbonyl (C=O) groups is 1. The van der Waals surface area contributed by atoms with Crippen LogP contribution in [-0.2, 0) is 30.7 Å². The normalized spacial score (nSPS) is 11.2. The highest BCUT2D eigenvalue weighted by Gasteiger charge is 2.19. The molecule has 0 radical (unpaired) electrons. The zero-order valence-electron chi connectivity index (χ0n) is 12.1. The average molecular weight is 298 g/mol. The van der Waals surface area contributed by atoms with E-state index in [1.54, 1.807) is 4.68 Å². The van der Waals surface area contributed by atoms with E-state index in [2.05, 4.69) is 22.3 Å². The lowest BCUT2D eigenvalue weighted by Crippen LogP contribution is -2.28. The maximum atomic E-state index is 11.8. The van der Waals surface area contributed by atoms with Crippen LogP contribution in [0.15, 0.2) is 0 Å². The summed E-state index contributed by atoms with van der Waals surface area (Å²) in [6.07, 6.45) is 1.88. The summed E-state index contributed by atoms with van der Waals surface area (Å²) in [5, 5.41) is 7.28. The fourth-order valence-corrected chi connectivity index (χ4v) is 2.56. The molecule has 0 atom stereocenters. The van der Waals surface area contributed by atoms with Crippen molar-refractivity contribution in [2.75, 3.05) is 6.54 Å². The van der Waals surface area contributed by atoms with E-state index >= 15 is 0 Å². The third-order valence-corrected chi connectivity index (χ3v) is 3.39. The molecule has 0 saturated carbocycles. The van der Waals surface area contributed by atoms with Gasteiger partial charge in [-0.2, -0.15) is 5.10 Å². The van der Waals surface area contributed by atoms with Crippen molar-refractivity contribution in [1.29, 1.82) is 0 Å². The zero-order valence-corrected chi connectivity index (χ0v) is 12.9. The second kappa shape index (κ2) is 6.26. The molecule has 6 nitrogen and oxygen atoms in total. The van der Waals surface area contributed by atoms with Gasteiger partial charge in [0.25, 0.3) is 0 Å². The summed E-state index contributed by atoms with van der Waals surface area (Å²) in [5.41, 5.74) is 2.68. The third-order valence-electron chi connectivity index (χ3n) is 3.15. The number of hydrogen-bond acceptors (Lipinski definition) is 3. The first-order valence-electron chi connectivity index (χ1n) is 6.85. The number of carbonyl (C=O) groups excluding carboxylic acids is 1. The number of aryl methyl sites for hydroxylation is 2. The van der Waals surface area contributed by atoms with E-state index in [0.29, 0.717) is 12.4 Å². The molecule has 1 amide bonds. The quantitative estimate of drug-likeness (QED) is 0.824. The highest BCUT2D eigenvalue weighted by molar-refractivity contribution is 6.16. The van der Waals surface area contributed by atoms with Crippen LogP contribution in [0.1, 0.15) is 31.8 Å². The van der Waals surface area contributed by atoms with Crippen molar-refractivity contribution < 1.29 is 4.79 Å². The first-order chi connectivity index (χ1) is 9.62. The molecule has 0 aliphatic rings. The summed E-state index contributed by atoms with van der Waals surface area (Å²) in [7, 11) is 1.87. The van der Waals surface area contributed by atoms with Crippen LogP contribution in [-0.4, -0.2) is 31.8 Å². The predicted octanol–water partition coefficient (Wildman–Crippen LogP) is 1.60. The summed E-state index contributed by atoms with van der Waals surface area (Å²) in [6, 6.07) is 0. The number of rotatable bonds is 6. The molecule has 0 unspecified atom stereocenters. The second-order valence-electron chi connectivity index (χ2n) is 4.69. The number of nitrogens with one attached hydrogen (secondary N) is 1. The van der Waals surface area contributed by atoms with E-state index in [9.17, 15) is 4.79 Å². The number of alkyl halides is 1. The number of likely N-dealkylation sites (N-methyl/N-ethyl adjacent to an activating group) is 1. The van der Waals surface area contributed by atoms with Gasteiger partial charge in [0.05, 0.1) is 11.6 Å². The first-order valence-corrected chi connectivity index (χ1v) is 7.39. The monoisotopic (exact) mass is 297 g/mol. The van der Waals surface area contributed by atoms with Crippen molar-refractivity contribution in [1.82, 2.24) is 24.6 Å². The fraction of sp³-hybridized carbons (Fsp3) is 0.615. The molecular weight excluding hydrogens is 278 g/mol. The molecule has 7 heteroatoms. The van der Waals surface area contributed by atoms with Gasteiger partial charge in [0, 0.05) is 13.6 Å². The first kappa shape index (κ1) is 14.8. The van der Waals surface area contributed by atoms with Gasteiger partial charge in [-0.3, -0.25) is 9.48 Å². The maximum absolute atomic E-state index is 11.8. The number of hydrogen-bond donors (Lipinski definition) is 1. The van der Waals surface area contributed by atoms with E-state index in [4.69, 9.17) is 11.6 Å². The summed E-state index contributed by atoms with van der Waals surface area (Å²) >= 11 is 5.96. The van der Waals surface area contributed by atoms with Crippen molar-refractivity contribution in [2.45, 2.75) is 39.1 Å². The SMILES string of the molecule is CCCc1nn(C)c2c1nc(CCl)n2CC(=O)NCC. The van der Waals surface area contributed by atoms with Crippen LogP contribution in [0.4, 0.5) is 0 Å². The molecule has 0 aliphatic heterocycles. The van der Waals surface area contributed by atoms with Gasteiger partial charge in [-0.1, -0.05) is 13.3 Å². The molecule has 20 heavy (non-hydrogen) atoms. The fourth-order valence-electron chi connectivity index (χ4n) is 2.36. The molecule has 2 aromatic rings. The minimum atomic E-state index is -0.0450. The van der Waals surface area contributed by atoms with Gasteiger partial charge in [0.1, 0.15) is 17.9 Å². The molecule has 2 heterocycles. The van der Waals surface area contributed by atoms with Crippen LogP contribution in [0.2, 0.25) is 0 Å². The standard InChI is InChI=1S/C13H20ClN5O/c1-4-6-9-12-13(18(3)17-9)19(10(7-14)16-12)8-11(20)15-5-2/h4-8H2,1-3H3,(H,15,20). The molecule has 1 N–H and O–H groups in total. The molecule has 2 rings (SSSR count). The van der Waals surface area contributed by atoms with E-state index in [1.807, 2.05) is 18.5 Å². The third kappa shape index (κ3) is 2.65. The predicted molar refractivity (Wildman–Crippen MR) is 78.7 cm³/mol. The van der Waals surface area contributed by atoms with Crippen molar-refractivity contribution in [3.63, 3.8) is 0 Å². The van der Waals surface area contributed by atoms with Crippen LogP contribution >= 0.6 is 11.6 Å². The molecule has 0 spiro atoms. The molecule has 0 saturated heterocycles. The molecule has 0 aliphatic carbocycles. The molecule has 0 fully saturated rings. The van der Waals surface area contributed by atoms with Crippen molar-refractivity contribution >= 4 is 28.7 Å². The smallest absolute Gasteiger partial charge is 0.240 e. The lowest BCUT2D eigenvalue weighted by atomic mass is 10.2. The Morgan fingerprint density at radius 2 is 2.15 bits per heavy atom. The highest BCUT2D eigenvalue weighted by atomic mass is 35.5. The minimum absolute atomic E-state index is 0.0450. The summed E-state index contributed by atoms with van der Waals surface area (Å²) in [6.45, 7) is 4.83. The summed E-state index contributed by atoms with van der Waals surface area (Å²) in [4.78, 5) is 16.4. The van der Waals surface area contributed by atoms with Crippen LogP contribution in [0.5, 0.6) is 0 Å². The minimum Gasteiger partial charge on any atom is -0.355 e. The number of aromatic nitrogens is 4. The van der Waals surface area contributed by atoms with Crippen LogP contribution in [0, 0.1) is 0 Å². The number of imidazole rings is 1. The summed E-state index contributed by atoms with van der Waals surface area (Å²) < 4.78 is 3.63. The Bertz CT molecular complexity index is 616. The van der Waals surface area contributed by atoms with Crippen molar-refractivity contribution in [2.24, 2.45) is 7.05 Å². The van der Waals surface area contributed by atoms with Crippen LogP contribution < -0.4 is 5.32 Å². The van der Waals surface area contributed by atoms with Crippen molar-refractivity contribution in [3.8, 4) is 0 Å². The van der Waals surface area contributed by atoms with Gasteiger partial charge in [-0.05, 0) is 13.3 Å². The molecule has 0 bridgehead atoms. The van der Waals surface area contributed by atoms with Gasteiger partial charge in [-0.25, -0.2) is 4.98 Å². The molecule has 0 aromatic carbocycles. The Morgan fingerprint density at radius 1 is 1.40 bits per heavy atom.